The van der Waals surface area contributed by atoms with Crippen LogP contribution in [0.3, 0.4) is 0 Å². The molecule has 0 saturated carbocycles. The van der Waals surface area contributed by atoms with Gasteiger partial charge in [0.25, 0.3) is 5.91 Å². The van der Waals surface area contributed by atoms with Crippen LogP contribution < -0.4 is 16.0 Å². The summed E-state index contributed by atoms with van der Waals surface area (Å²) >= 11 is 7.13. The lowest BCUT2D eigenvalue weighted by molar-refractivity contribution is -0.136. The van der Waals surface area contributed by atoms with E-state index in [4.69, 9.17) is 16.3 Å². The monoisotopic (exact) mass is 549 g/mol. The molecule has 0 bridgehead atoms. The van der Waals surface area contributed by atoms with Crippen LogP contribution in [-0.4, -0.2) is 89.0 Å². The van der Waals surface area contributed by atoms with Gasteiger partial charge in [0.15, 0.2) is 5.01 Å². The van der Waals surface area contributed by atoms with Gasteiger partial charge in [0.2, 0.25) is 0 Å². The number of anilines is 1. The maximum atomic E-state index is 13.1. The number of carbonyl (C=O) groups excluding carboxylic acids is 4. The average molecular weight is 550 g/mol. The van der Waals surface area contributed by atoms with Crippen molar-refractivity contribution in [1.82, 2.24) is 30.4 Å². The molecule has 1 saturated heterocycles. The van der Waals surface area contributed by atoms with Gasteiger partial charge in [0.1, 0.15) is 5.82 Å². The fourth-order valence-electron chi connectivity index (χ4n) is 4.16. The van der Waals surface area contributed by atoms with E-state index in [9.17, 15) is 19.2 Å². The molecule has 0 aliphatic carbocycles. The summed E-state index contributed by atoms with van der Waals surface area (Å²) in [6.45, 7) is 3.91. The number of carbonyl (C=O) groups is 4. The number of aromatic nitrogens is 2. The van der Waals surface area contributed by atoms with E-state index >= 15 is 0 Å². The molecule has 14 heteroatoms. The van der Waals surface area contributed by atoms with Crippen LogP contribution in [0.2, 0.25) is 5.02 Å². The number of nitrogens with one attached hydrogen (secondary N) is 3. The summed E-state index contributed by atoms with van der Waals surface area (Å²) < 4.78 is 5.11. The molecule has 0 unspecified atom stereocenters. The first kappa shape index (κ1) is 26.8. The van der Waals surface area contributed by atoms with E-state index in [1.165, 1.54) is 34.6 Å². The lowest BCUT2D eigenvalue weighted by Crippen LogP contribution is -2.62. The summed E-state index contributed by atoms with van der Waals surface area (Å²) in [6, 6.07) is 1.74. The molecule has 3 N–H and O–H groups in total. The van der Waals surface area contributed by atoms with Gasteiger partial charge in [-0.2, -0.15) is 0 Å². The topological polar surface area (TPSA) is 146 Å². The van der Waals surface area contributed by atoms with Crippen molar-refractivity contribution in [3.63, 3.8) is 0 Å². The van der Waals surface area contributed by atoms with E-state index in [-0.39, 0.29) is 25.5 Å². The minimum absolute atomic E-state index is 0.101. The van der Waals surface area contributed by atoms with Crippen molar-refractivity contribution < 1.29 is 23.9 Å². The fraction of sp³-hybridized carbons (Fsp3) is 0.478. The van der Waals surface area contributed by atoms with Crippen molar-refractivity contribution in [3.8, 4) is 0 Å². The zero-order valence-electron chi connectivity index (χ0n) is 20.5. The van der Waals surface area contributed by atoms with Gasteiger partial charge in [-0.25, -0.2) is 14.8 Å². The van der Waals surface area contributed by atoms with Crippen molar-refractivity contribution in [2.24, 2.45) is 0 Å². The largest absolute Gasteiger partial charge is 0.450 e. The molecule has 198 valence electrons. The van der Waals surface area contributed by atoms with Crippen LogP contribution in [0.15, 0.2) is 18.3 Å². The molecule has 2 aromatic rings. The zero-order chi connectivity index (χ0) is 26.5. The highest BCUT2D eigenvalue weighted by Crippen LogP contribution is 2.25. The summed E-state index contributed by atoms with van der Waals surface area (Å²) in [4.78, 5) is 63.7. The lowest BCUT2D eigenvalue weighted by atomic mass is 9.99. The number of ether oxygens (including phenoxy) is 1. The highest BCUT2D eigenvalue weighted by Gasteiger charge is 2.36. The normalized spacial score (nSPS) is 19.5. The number of halogens is 1. The second-order valence-corrected chi connectivity index (χ2v) is 10.3. The third-order valence-corrected chi connectivity index (χ3v) is 7.37. The number of piperidine rings is 1. The molecular formula is C23H28ClN7O5S. The summed E-state index contributed by atoms with van der Waals surface area (Å²) in [5, 5.41) is 8.71. The summed E-state index contributed by atoms with van der Waals surface area (Å²) in [5.41, 5.74) is 0.919. The molecule has 2 aromatic heterocycles. The van der Waals surface area contributed by atoms with Gasteiger partial charge in [-0.05, 0) is 32.5 Å². The van der Waals surface area contributed by atoms with Gasteiger partial charge in [-0.1, -0.05) is 11.6 Å². The quantitative estimate of drug-likeness (QED) is 0.473. The molecule has 0 radical (unpaired) electrons. The van der Waals surface area contributed by atoms with Gasteiger partial charge >= 0.3 is 17.9 Å². The van der Waals surface area contributed by atoms with Crippen LogP contribution in [0.25, 0.3) is 0 Å². The number of thiazole rings is 1. The second kappa shape index (κ2) is 11.8. The molecule has 37 heavy (non-hydrogen) atoms. The molecule has 2 atom stereocenters. The maximum absolute atomic E-state index is 13.1. The predicted octanol–water partition coefficient (Wildman–Crippen LogP) is 1.26. The smallest absolute Gasteiger partial charge is 0.409 e. The van der Waals surface area contributed by atoms with E-state index < -0.39 is 35.9 Å². The Kier molecular flexibility index (Phi) is 8.56. The van der Waals surface area contributed by atoms with Crippen molar-refractivity contribution in [2.45, 2.75) is 38.4 Å². The average Bonchev–Trinajstić information content (AvgIpc) is 3.30. The van der Waals surface area contributed by atoms with Crippen LogP contribution in [-0.2, 0) is 27.3 Å². The Morgan fingerprint density at radius 3 is 2.70 bits per heavy atom. The van der Waals surface area contributed by atoms with Gasteiger partial charge in [0, 0.05) is 43.7 Å². The lowest BCUT2D eigenvalue weighted by Gasteiger charge is -2.38. The summed E-state index contributed by atoms with van der Waals surface area (Å²) in [6.07, 6.45) is 1.92. The van der Waals surface area contributed by atoms with Crippen LogP contribution >= 0.6 is 22.9 Å². The Morgan fingerprint density at radius 2 is 1.97 bits per heavy atom. The van der Waals surface area contributed by atoms with Crippen molar-refractivity contribution in [2.75, 3.05) is 38.6 Å². The number of likely N-dealkylation sites (N-methyl/N-ethyl adjacent to an activating group) is 1. The molecule has 12 nitrogen and oxygen atoms in total. The fourth-order valence-corrected chi connectivity index (χ4v) is 5.36. The van der Waals surface area contributed by atoms with Crippen LogP contribution in [0.4, 0.5) is 10.6 Å². The van der Waals surface area contributed by atoms with E-state index in [1.807, 2.05) is 7.05 Å². The first-order valence-corrected chi connectivity index (χ1v) is 13.1. The maximum Gasteiger partial charge on any atom is 0.409 e. The number of fused-ring (bicyclic) bond motifs is 1. The number of pyridine rings is 1. The Morgan fingerprint density at radius 1 is 1.16 bits per heavy atom. The van der Waals surface area contributed by atoms with E-state index in [2.05, 4.69) is 30.8 Å². The number of rotatable bonds is 5. The Balaban J connectivity index is 1.44. The second-order valence-electron chi connectivity index (χ2n) is 8.79. The predicted molar refractivity (Wildman–Crippen MR) is 136 cm³/mol. The summed E-state index contributed by atoms with van der Waals surface area (Å²) in [5.74, 6) is -2.03. The minimum Gasteiger partial charge on any atom is -0.450 e. The molecule has 4 amide bonds. The Hall–Kier alpha value is -3.29. The number of hydrogen-bond donors (Lipinski definition) is 3. The zero-order valence-corrected chi connectivity index (χ0v) is 22.0. The molecule has 4 rings (SSSR count). The number of amides is 4. The SMILES string of the molecule is CCOC(=O)N1CC[C@H](NC(=O)C(=O)Nc2ccc(Cl)cn2)[C@H](NC(=O)c2nc3c(s2)CN(C)CC3)C1. The van der Waals surface area contributed by atoms with Gasteiger partial charge < -0.3 is 30.5 Å². The Labute approximate surface area is 222 Å². The highest BCUT2D eigenvalue weighted by molar-refractivity contribution is 7.13. The third kappa shape index (κ3) is 6.73. The van der Waals surface area contributed by atoms with Gasteiger partial charge in [-0.15, -0.1) is 11.3 Å². The minimum atomic E-state index is -0.913. The van der Waals surface area contributed by atoms with Crippen LogP contribution in [0, 0.1) is 0 Å². The van der Waals surface area contributed by atoms with E-state index in [0.717, 1.165) is 30.1 Å². The van der Waals surface area contributed by atoms with Crippen LogP contribution in [0.5, 0.6) is 0 Å². The van der Waals surface area contributed by atoms with E-state index in [0.29, 0.717) is 16.5 Å². The summed E-state index contributed by atoms with van der Waals surface area (Å²) in [7, 11) is 2.01. The van der Waals surface area contributed by atoms with Crippen molar-refractivity contribution in [3.05, 3.63) is 38.9 Å². The standard InChI is InChI=1S/C23H28ClN7O5S/c1-3-36-23(35)31-9-7-14(26-19(32)20(33)29-18-5-4-13(24)10-25-18)16(11-31)27-21(34)22-28-15-6-8-30(2)12-17(15)37-22/h4-5,10,14,16H,3,6-9,11-12H2,1-2H3,(H,26,32)(H,27,34)(H,25,29,33)/t14-,16+/m0/s1. The number of likely N-dealkylation sites (tertiary alicyclic amines) is 1. The highest BCUT2D eigenvalue weighted by atomic mass is 35.5. The van der Waals surface area contributed by atoms with Crippen molar-refractivity contribution in [1.29, 1.82) is 0 Å². The van der Waals surface area contributed by atoms with Gasteiger partial charge in [-0.3, -0.25) is 14.4 Å². The van der Waals surface area contributed by atoms with Crippen LogP contribution in [0.1, 0.15) is 33.7 Å². The Bertz CT molecular complexity index is 1170. The molecule has 0 spiro atoms. The van der Waals surface area contributed by atoms with Gasteiger partial charge in [0.05, 0.1) is 29.4 Å². The number of nitrogens with zero attached hydrogens (tertiary/aromatic N) is 4. The molecule has 2 aliphatic rings. The third-order valence-electron chi connectivity index (χ3n) is 6.06. The first-order valence-electron chi connectivity index (χ1n) is 11.9. The van der Waals surface area contributed by atoms with E-state index in [1.54, 1.807) is 6.92 Å². The first-order chi connectivity index (χ1) is 17.7. The molecular weight excluding hydrogens is 522 g/mol. The molecule has 1 fully saturated rings. The molecule has 0 aromatic carbocycles. The molecule has 4 heterocycles. The van der Waals surface area contributed by atoms with Crippen molar-refractivity contribution >= 4 is 52.6 Å². The number of hydrogen-bond acceptors (Lipinski definition) is 9. The molecule has 2 aliphatic heterocycles.